The van der Waals surface area contributed by atoms with Crippen LogP contribution < -0.4 is 9.88 Å². The molecule has 24 heavy (non-hydrogen) atoms. The van der Waals surface area contributed by atoms with Gasteiger partial charge in [-0.3, -0.25) is 4.68 Å². The third-order valence-corrected chi connectivity index (χ3v) is 5.17. The van der Waals surface area contributed by atoms with E-state index in [1.165, 1.54) is 22.2 Å². The summed E-state index contributed by atoms with van der Waals surface area (Å²) in [6.45, 7) is 8.55. The van der Waals surface area contributed by atoms with E-state index in [1.807, 2.05) is 6.20 Å². The minimum Gasteiger partial charge on any atom is -0.317 e. The molecule has 126 valence electrons. The summed E-state index contributed by atoms with van der Waals surface area (Å²) in [5.74, 6) is 0. The average molecular weight is 324 g/mol. The summed E-state index contributed by atoms with van der Waals surface area (Å²) in [6.07, 6.45) is 8.76. The number of rotatable bonds is 4. The third-order valence-electron chi connectivity index (χ3n) is 5.17. The topological polar surface area (TPSA) is 38.7 Å². The van der Waals surface area contributed by atoms with Crippen molar-refractivity contribution < 1.29 is 4.57 Å². The Morgan fingerprint density at radius 1 is 1.21 bits per heavy atom. The average Bonchev–Trinajstić information content (AvgIpc) is 3.26. The molecule has 0 spiro atoms. The maximum Gasteiger partial charge on any atom is 0.244 e. The largest absolute Gasteiger partial charge is 0.317 e. The zero-order chi connectivity index (χ0) is 16.5. The molecular weight excluding hydrogens is 298 g/mol. The third kappa shape index (κ3) is 2.63. The van der Waals surface area contributed by atoms with Crippen LogP contribution >= 0.6 is 0 Å². The summed E-state index contributed by atoms with van der Waals surface area (Å²) in [6, 6.07) is 7.29. The first-order valence-electron chi connectivity index (χ1n) is 9.07. The summed E-state index contributed by atoms with van der Waals surface area (Å²) in [5, 5.41) is 8.05. The molecule has 0 saturated carbocycles. The Bertz CT molecular complexity index is 839. The highest BCUT2D eigenvalue weighted by atomic mass is 15.3. The fraction of sp³-hybridized carbons (Fsp3) is 0.474. The van der Waals surface area contributed by atoms with Crippen molar-refractivity contribution in [2.75, 3.05) is 13.1 Å². The van der Waals surface area contributed by atoms with E-state index >= 15 is 0 Å². The van der Waals surface area contributed by atoms with Crippen LogP contribution in [0.5, 0.6) is 0 Å². The fourth-order valence-corrected chi connectivity index (χ4v) is 3.73. The van der Waals surface area contributed by atoms with Gasteiger partial charge in [-0.2, -0.15) is 5.10 Å². The van der Waals surface area contributed by atoms with E-state index in [0.29, 0.717) is 6.04 Å². The van der Waals surface area contributed by atoms with Gasteiger partial charge in [0, 0.05) is 11.8 Å². The molecule has 5 nitrogen and oxygen atoms in total. The number of hydrogen-bond acceptors (Lipinski definition) is 2. The Balaban J connectivity index is 1.70. The van der Waals surface area contributed by atoms with Gasteiger partial charge < -0.3 is 5.32 Å². The molecule has 0 amide bonds. The first-order chi connectivity index (χ1) is 11.8. The van der Waals surface area contributed by atoms with E-state index in [4.69, 9.17) is 0 Å². The van der Waals surface area contributed by atoms with Crippen LogP contribution in [0.2, 0.25) is 0 Å². The summed E-state index contributed by atoms with van der Waals surface area (Å²) in [7, 11) is 0. The van der Waals surface area contributed by atoms with Gasteiger partial charge in [0.25, 0.3) is 0 Å². The van der Waals surface area contributed by atoms with Crippen LogP contribution in [-0.4, -0.2) is 27.4 Å². The van der Waals surface area contributed by atoms with Crippen molar-refractivity contribution in [3.8, 4) is 11.1 Å². The Kier molecular flexibility index (Phi) is 4.10. The SMILES string of the molecule is CCn1c[n+](CC)c2ccc(-c3cnn(C4CCNCC4)c3)cc21. The van der Waals surface area contributed by atoms with Crippen LogP contribution in [0.4, 0.5) is 0 Å². The zero-order valence-electron chi connectivity index (χ0n) is 14.6. The van der Waals surface area contributed by atoms with Crippen LogP contribution in [0, 0.1) is 0 Å². The molecule has 1 aliphatic heterocycles. The minimum atomic E-state index is 0.533. The van der Waals surface area contributed by atoms with Gasteiger partial charge in [0.15, 0.2) is 11.0 Å². The zero-order valence-corrected chi connectivity index (χ0v) is 14.6. The molecule has 0 bridgehead atoms. The molecule has 0 aliphatic carbocycles. The van der Waals surface area contributed by atoms with E-state index in [1.54, 1.807) is 0 Å². The molecule has 1 N–H and O–H groups in total. The second-order valence-electron chi connectivity index (χ2n) is 6.58. The molecule has 3 heterocycles. The molecule has 2 aromatic heterocycles. The van der Waals surface area contributed by atoms with E-state index in [-0.39, 0.29) is 0 Å². The van der Waals surface area contributed by atoms with Gasteiger partial charge >= 0.3 is 0 Å². The highest BCUT2D eigenvalue weighted by molar-refractivity contribution is 5.79. The summed E-state index contributed by atoms with van der Waals surface area (Å²) in [4.78, 5) is 0. The van der Waals surface area contributed by atoms with E-state index in [9.17, 15) is 0 Å². The van der Waals surface area contributed by atoms with Crippen molar-refractivity contribution in [2.45, 2.75) is 45.8 Å². The van der Waals surface area contributed by atoms with Gasteiger partial charge in [0.1, 0.15) is 0 Å². The van der Waals surface area contributed by atoms with Gasteiger partial charge in [0.2, 0.25) is 6.33 Å². The molecule has 3 aromatic rings. The second-order valence-corrected chi connectivity index (χ2v) is 6.58. The standard InChI is InChI=1S/C19H26N5/c1-3-22-14-23(4-2)19-11-15(5-6-18(19)22)16-12-21-24(13-16)17-7-9-20-10-8-17/h5-6,11-14,17,20H,3-4,7-10H2,1-2H3/q+1. The predicted molar refractivity (Wildman–Crippen MR) is 95.8 cm³/mol. The number of nitrogens with zero attached hydrogens (tertiary/aromatic N) is 4. The summed E-state index contributed by atoms with van der Waals surface area (Å²) in [5.41, 5.74) is 5.06. The molecule has 5 heteroatoms. The number of nitrogens with one attached hydrogen (secondary N) is 1. The normalized spacial score (nSPS) is 16.1. The van der Waals surface area contributed by atoms with Gasteiger partial charge in [-0.15, -0.1) is 0 Å². The van der Waals surface area contributed by atoms with Gasteiger partial charge in [-0.1, -0.05) is 0 Å². The van der Waals surface area contributed by atoms with Crippen LogP contribution in [0.1, 0.15) is 32.7 Å². The van der Waals surface area contributed by atoms with E-state index in [2.05, 4.69) is 68.8 Å². The first kappa shape index (κ1) is 15.4. The first-order valence-corrected chi connectivity index (χ1v) is 9.07. The molecule has 1 aliphatic rings. The number of benzene rings is 1. The molecule has 1 fully saturated rings. The molecular formula is C19H26N5+. The lowest BCUT2D eigenvalue weighted by atomic mass is 10.1. The second kappa shape index (κ2) is 6.40. The Hall–Kier alpha value is -2.14. The lowest BCUT2D eigenvalue weighted by molar-refractivity contribution is -0.668. The molecule has 1 saturated heterocycles. The minimum absolute atomic E-state index is 0.533. The number of imidazole rings is 1. The maximum absolute atomic E-state index is 4.64. The quantitative estimate of drug-likeness (QED) is 0.750. The fourth-order valence-electron chi connectivity index (χ4n) is 3.73. The van der Waals surface area contributed by atoms with Crippen LogP contribution in [0.3, 0.4) is 0 Å². The lowest BCUT2D eigenvalue weighted by Gasteiger charge is -2.22. The van der Waals surface area contributed by atoms with E-state index < -0.39 is 0 Å². The van der Waals surface area contributed by atoms with Crippen molar-refractivity contribution in [2.24, 2.45) is 0 Å². The Morgan fingerprint density at radius 2 is 2.04 bits per heavy atom. The molecule has 1 aromatic carbocycles. The predicted octanol–water partition coefficient (Wildman–Crippen LogP) is 2.76. The highest BCUT2D eigenvalue weighted by Gasteiger charge is 2.18. The van der Waals surface area contributed by atoms with Crippen LogP contribution in [-0.2, 0) is 13.1 Å². The van der Waals surface area contributed by atoms with Crippen LogP contribution in [0.25, 0.3) is 22.2 Å². The van der Waals surface area contributed by atoms with Crippen molar-refractivity contribution in [1.82, 2.24) is 19.7 Å². The Morgan fingerprint density at radius 3 is 2.79 bits per heavy atom. The highest BCUT2D eigenvalue weighted by Crippen LogP contribution is 2.26. The molecule has 4 rings (SSSR count). The Labute approximate surface area is 142 Å². The van der Waals surface area contributed by atoms with Crippen molar-refractivity contribution in [3.63, 3.8) is 0 Å². The summed E-state index contributed by atoms with van der Waals surface area (Å²) >= 11 is 0. The van der Waals surface area contributed by atoms with Crippen molar-refractivity contribution in [1.29, 1.82) is 0 Å². The number of aromatic nitrogens is 4. The van der Waals surface area contributed by atoms with Gasteiger partial charge in [-0.25, -0.2) is 9.13 Å². The van der Waals surface area contributed by atoms with E-state index in [0.717, 1.165) is 39.0 Å². The summed E-state index contributed by atoms with van der Waals surface area (Å²) < 4.78 is 6.78. The van der Waals surface area contributed by atoms with Crippen molar-refractivity contribution >= 4 is 11.0 Å². The number of aryl methyl sites for hydroxylation is 2. The number of fused-ring (bicyclic) bond motifs is 1. The van der Waals surface area contributed by atoms with Crippen LogP contribution in [0.15, 0.2) is 36.9 Å². The smallest absolute Gasteiger partial charge is 0.244 e. The molecule has 0 radical (unpaired) electrons. The monoisotopic (exact) mass is 324 g/mol. The van der Waals surface area contributed by atoms with Crippen molar-refractivity contribution in [3.05, 3.63) is 36.9 Å². The van der Waals surface area contributed by atoms with Gasteiger partial charge in [0.05, 0.1) is 25.3 Å². The molecule has 0 unspecified atom stereocenters. The number of piperidine rings is 1. The van der Waals surface area contributed by atoms with Gasteiger partial charge in [-0.05, 0) is 63.5 Å². The maximum atomic E-state index is 4.64. The lowest BCUT2D eigenvalue weighted by Crippen LogP contribution is -2.30. The molecule has 0 atom stereocenters. The number of hydrogen-bond donors (Lipinski definition) is 1.